The van der Waals surface area contributed by atoms with Gasteiger partial charge in [0, 0.05) is 31.7 Å². The predicted octanol–water partition coefficient (Wildman–Crippen LogP) is 3.85. The first-order valence-corrected chi connectivity index (χ1v) is 13.7. The molecule has 0 spiro atoms. The van der Waals surface area contributed by atoms with E-state index in [-0.39, 0.29) is 18.9 Å². The number of esters is 1. The maximum Gasteiger partial charge on any atom is 0.411 e. The highest BCUT2D eigenvalue weighted by Gasteiger charge is 2.39. The summed E-state index contributed by atoms with van der Waals surface area (Å²) in [5, 5.41) is 3.04. The van der Waals surface area contributed by atoms with E-state index in [0.717, 1.165) is 16.7 Å². The lowest BCUT2D eigenvalue weighted by molar-refractivity contribution is -0.138. The summed E-state index contributed by atoms with van der Waals surface area (Å²) in [6, 6.07) is 15.4. The Kier molecular flexibility index (Phi) is 9.45. The van der Waals surface area contributed by atoms with E-state index in [1.165, 1.54) is 4.90 Å². The van der Waals surface area contributed by atoms with Crippen LogP contribution in [0.3, 0.4) is 0 Å². The van der Waals surface area contributed by atoms with Gasteiger partial charge in [-0.15, -0.1) is 0 Å². The van der Waals surface area contributed by atoms with Crippen molar-refractivity contribution in [2.24, 2.45) is 0 Å². The highest BCUT2D eigenvalue weighted by atomic mass is 16.6. The summed E-state index contributed by atoms with van der Waals surface area (Å²) in [6.45, 7) is 10.4. The van der Waals surface area contributed by atoms with Crippen molar-refractivity contribution in [1.82, 2.24) is 15.1 Å². The van der Waals surface area contributed by atoms with Crippen molar-refractivity contribution in [3.05, 3.63) is 65.2 Å². The summed E-state index contributed by atoms with van der Waals surface area (Å²) in [7, 11) is 0. The number of ether oxygens (including phenoxy) is 3. The molecule has 2 amide bonds. The molecule has 1 unspecified atom stereocenters. The summed E-state index contributed by atoms with van der Waals surface area (Å²) in [4.78, 5) is 42.0. The zero-order valence-electron chi connectivity index (χ0n) is 23.2. The SMILES string of the molecule is CC(C)N(CCNC(=O)C1c2ccc(OCc3ccccc3)cc2CCN1C(=O)O[C@@H]1COC(=O)C1)C(C)C. The monoisotopic (exact) mass is 537 g/mol. The molecule has 0 aromatic heterocycles. The van der Waals surface area contributed by atoms with E-state index in [4.69, 9.17) is 14.2 Å². The van der Waals surface area contributed by atoms with Gasteiger partial charge in [0.05, 0.1) is 6.42 Å². The van der Waals surface area contributed by atoms with E-state index in [1.807, 2.05) is 48.5 Å². The number of fused-ring (bicyclic) bond motifs is 1. The van der Waals surface area contributed by atoms with Crippen LogP contribution in [0, 0.1) is 0 Å². The molecule has 39 heavy (non-hydrogen) atoms. The molecule has 2 heterocycles. The molecule has 2 aliphatic rings. The van der Waals surface area contributed by atoms with Crippen LogP contribution in [0.4, 0.5) is 4.79 Å². The maximum absolute atomic E-state index is 13.6. The predicted molar refractivity (Wildman–Crippen MR) is 146 cm³/mol. The van der Waals surface area contributed by atoms with Crippen molar-refractivity contribution in [3.63, 3.8) is 0 Å². The quantitative estimate of drug-likeness (QED) is 0.460. The third kappa shape index (κ3) is 7.29. The maximum atomic E-state index is 13.6. The van der Waals surface area contributed by atoms with Gasteiger partial charge in [-0.3, -0.25) is 19.4 Å². The zero-order valence-corrected chi connectivity index (χ0v) is 23.2. The first-order chi connectivity index (χ1) is 18.7. The van der Waals surface area contributed by atoms with Crippen LogP contribution in [0.5, 0.6) is 5.75 Å². The first-order valence-electron chi connectivity index (χ1n) is 13.7. The van der Waals surface area contributed by atoms with Crippen molar-refractivity contribution in [2.75, 3.05) is 26.2 Å². The second-order valence-electron chi connectivity index (χ2n) is 10.6. The molecule has 0 aliphatic carbocycles. The molecular formula is C30H39N3O6. The number of carbonyl (C=O) groups excluding carboxylic acids is 3. The Bertz CT molecular complexity index is 1140. The van der Waals surface area contributed by atoms with Crippen molar-refractivity contribution in [2.45, 2.75) is 71.4 Å². The standard InChI is InChI=1S/C30H39N3O6/c1-20(2)32(21(3)4)15-13-31-29(35)28-26-11-10-24(37-18-22-8-6-5-7-9-22)16-23(26)12-14-33(28)30(36)39-25-17-27(34)38-19-25/h5-11,16,20-21,25,28H,12-15,17-19H2,1-4H3,(H,31,35)/t25-,28?/m0/s1. The number of cyclic esters (lactones) is 1. The third-order valence-corrected chi connectivity index (χ3v) is 7.16. The van der Waals surface area contributed by atoms with Gasteiger partial charge in [0.15, 0.2) is 0 Å². The normalized spacial score (nSPS) is 18.7. The van der Waals surface area contributed by atoms with Gasteiger partial charge < -0.3 is 19.5 Å². The van der Waals surface area contributed by atoms with Gasteiger partial charge in [-0.2, -0.15) is 0 Å². The topological polar surface area (TPSA) is 97.4 Å². The molecule has 2 atom stereocenters. The average molecular weight is 538 g/mol. The van der Waals surface area contributed by atoms with Crippen molar-refractivity contribution in [1.29, 1.82) is 0 Å². The largest absolute Gasteiger partial charge is 0.489 e. The highest BCUT2D eigenvalue weighted by Crippen LogP contribution is 2.33. The number of carbonyl (C=O) groups is 3. The fourth-order valence-corrected chi connectivity index (χ4v) is 5.21. The minimum absolute atomic E-state index is 0.0232. The molecule has 1 N–H and O–H groups in total. The molecule has 2 aromatic rings. The lowest BCUT2D eigenvalue weighted by Crippen LogP contribution is -2.49. The second-order valence-corrected chi connectivity index (χ2v) is 10.6. The lowest BCUT2D eigenvalue weighted by Gasteiger charge is -2.36. The van der Waals surface area contributed by atoms with Gasteiger partial charge in [0.1, 0.15) is 31.1 Å². The Hall–Kier alpha value is -3.59. The van der Waals surface area contributed by atoms with Crippen molar-refractivity contribution >= 4 is 18.0 Å². The number of nitrogens with one attached hydrogen (secondary N) is 1. The summed E-state index contributed by atoms with van der Waals surface area (Å²) < 4.78 is 16.5. The molecule has 2 aromatic carbocycles. The molecule has 0 saturated carbocycles. The molecule has 2 aliphatic heterocycles. The van der Waals surface area contributed by atoms with Crippen LogP contribution in [-0.4, -0.2) is 72.2 Å². The molecule has 9 nitrogen and oxygen atoms in total. The van der Waals surface area contributed by atoms with Crippen molar-refractivity contribution < 1.29 is 28.6 Å². The van der Waals surface area contributed by atoms with E-state index < -0.39 is 24.2 Å². The van der Waals surface area contributed by atoms with Crippen LogP contribution >= 0.6 is 0 Å². The van der Waals surface area contributed by atoms with Gasteiger partial charge in [-0.05, 0) is 62.9 Å². The van der Waals surface area contributed by atoms with E-state index in [0.29, 0.717) is 50.5 Å². The molecular weight excluding hydrogens is 498 g/mol. The fourth-order valence-electron chi connectivity index (χ4n) is 5.21. The Balaban J connectivity index is 1.50. The fraction of sp³-hybridized carbons (Fsp3) is 0.500. The van der Waals surface area contributed by atoms with E-state index in [9.17, 15) is 14.4 Å². The Morgan fingerprint density at radius 2 is 1.85 bits per heavy atom. The van der Waals surface area contributed by atoms with Gasteiger partial charge in [-0.1, -0.05) is 36.4 Å². The van der Waals surface area contributed by atoms with Crippen LogP contribution in [0.1, 0.15) is 56.8 Å². The highest BCUT2D eigenvalue weighted by molar-refractivity contribution is 5.88. The van der Waals surface area contributed by atoms with Gasteiger partial charge >= 0.3 is 12.1 Å². The summed E-state index contributed by atoms with van der Waals surface area (Å²) in [6.07, 6.45) is -0.699. The molecule has 1 saturated heterocycles. The molecule has 1 fully saturated rings. The minimum atomic E-state index is -0.853. The average Bonchev–Trinajstić information content (AvgIpc) is 3.33. The van der Waals surface area contributed by atoms with Crippen LogP contribution in [0.25, 0.3) is 0 Å². The van der Waals surface area contributed by atoms with E-state index >= 15 is 0 Å². The van der Waals surface area contributed by atoms with E-state index in [1.54, 1.807) is 0 Å². The van der Waals surface area contributed by atoms with Crippen LogP contribution in [-0.2, 0) is 32.1 Å². The third-order valence-electron chi connectivity index (χ3n) is 7.16. The van der Waals surface area contributed by atoms with Gasteiger partial charge in [0.25, 0.3) is 0 Å². The van der Waals surface area contributed by atoms with E-state index in [2.05, 4.69) is 37.9 Å². The first kappa shape index (κ1) is 28.4. The smallest absolute Gasteiger partial charge is 0.411 e. The number of benzene rings is 2. The molecule has 4 rings (SSSR count). The Morgan fingerprint density at radius 1 is 1.10 bits per heavy atom. The number of nitrogens with zero attached hydrogens (tertiary/aromatic N) is 2. The molecule has 9 heteroatoms. The number of rotatable bonds is 10. The number of amides is 2. The van der Waals surface area contributed by atoms with Crippen molar-refractivity contribution in [3.8, 4) is 5.75 Å². The Morgan fingerprint density at radius 3 is 2.51 bits per heavy atom. The molecule has 0 radical (unpaired) electrons. The summed E-state index contributed by atoms with van der Waals surface area (Å²) in [5.74, 6) is 0.0463. The van der Waals surface area contributed by atoms with Gasteiger partial charge in [0.2, 0.25) is 5.91 Å². The zero-order chi connectivity index (χ0) is 27.9. The number of hydrogen-bond acceptors (Lipinski definition) is 7. The van der Waals surface area contributed by atoms with Crippen LogP contribution in [0.15, 0.2) is 48.5 Å². The molecule has 210 valence electrons. The summed E-state index contributed by atoms with van der Waals surface area (Å²) >= 11 is 0. The number of hydrogen-bond donors (Lipinski definition) is 1. The lowest BCUT2D eigenvalue weighted by atomic mass is 9.92. The minimum Gasteiger partial charge on any atom is -0.489 e. The van der Waals surface area contributed by atoms with Crippen LogP contribution < -0.4 is 10.1 Å². The summed E-state index contributed by atoms with van der Waals surface area (Å²) in [5.41, 5.74) is 2.76. The van der Waals surface area contributed by atoms with Crippen LogP contribution in [0.2, 0.25) is 0 Å². The molecule has 0 bridgehead atoms. The Labute approximate surface area is 230 Å². The van der Waals surface area contributed by atoms with Gasteiger partial charge in [-0.25, -0.2) is 4.79 Å². The second kappa shape index (κ2) is 13.0.